The van der Waals surface area contributed by atoms with Gasteiger partial charge in [-0.25, -0.2) is 4.98 Å². The summed E-state index contributed by atoms with van der Waals surface area (Å²) in [6, 6.07) is 23.8. The maximum atomic E-state index is 14.9. The first-order valence-electron chi connectivity index (χ1n) is 26.8. The Bertz CT molecular complexity index is 2760. The predicted molar refractivity (Wildman–Crippen MR) is 296 cm³/mol. The minimum atomic E-state index is -1.34. The number of rotatable bonds is 30. The summed E-state index contributed by atoms with van der Waals surface area (Å²) in [7, 11) is 0. The van der Waals surface area contributed by atoms with E-state index in [1.54, 1.807) is 86.6 Å². The second-order valence-corrected chi connectivity index (χ2v) is 20.2. The van der Waals surface area contributed by atoms with Gasteiger partial charge in [0.05, 0.1) is 12.4 Å². The van der Waals surface area contributed by atoms with E-state index in [1.807, 2.05) is 30.3 Å². The summed E-state index contributed by atoms with van der Waals surface area (Å²) in [5.74, 6) is -6.06. The van der Waals surface area contributed by atoms with E-state index in [1.165, 1.54) is 24.7 Å². The van der Waals surface area contributed by atoms with Crippen molar-refractivity contribution in [1.82, 2.24) is 52.5 Å². The largest absolute Gasteiger partial charge is 0.508 e. The molecule has 6 rings (SSSR count). The molecule has 0 radical (unpaired) electrons. The van der Waals surface area contributed by atoms with Gasteiger partial charge >= 0.3 is 0 Å². The Labute approximate surface area is 460 Å². The number of aromatic nitrogens is 2. The number of nitrogens with zero attached hydrogens (tertiary/aromatic N) is 1. The van der Waals surface area contributed by atoms with Crippen LogP contribution in [-0.4, -0.2) is 124 Å². The molecule has 1 aliphatic heterocycles. The number of aromatic hydroxyl groups is 1. The van der Waals surface area contributed by atoms with E-state index in [4.69, 9.17) is 11.5 Å². The Morgan fingerprint density at radius 3 is 1.41 bits per heavy atom. The summed E-state index contributed by atoms with van der Waals surface area (Å²) in [5.41, 5.74) is 14.5. The number of unbranched alkanes of at least 4 members (excludes halogenated alkanes) is 1. The van der Waals surface area contributed by atoms with Gasteiger partial charge in [0.2, 0.25) is 47.3 Å². The second-order valence-electron chi connectivity index (χ2n) is 20.2. The third kappa shape index (κ3) is 19.2. The molecule has 0 bridgehead atoms. The van der Waals surface area contributed by atoms with Crippen molar-refractivity contribution in [2.24, 2.45) is 17.4 Å². The van der Waals surface area contributed by atoms with E-state index in [-0.39, 0.29) is 50.2 Å². The minimum Gasteiger partial charge on any atom is -0.508 e. The molecule has 1 aliphatic rings. The third-order valence-electron chi connectivity index (χ3n) is 13.6. The SMILES string of the molecule is CC(C)[C@H](NC(=O)[C@H](Cc1ccccc1)NC(=O)[C@H](Cc1ccccc1)NC(=O)[C@H](Cc1cnc[nH]1)NC(=O)[C@H](Cc1ccccc1)NC(=O)[C@@H]1CCCN1)C(=O)N[C@@H](Cc1ccc(O)cc1)C(=O)N[C@@H](CCCCN)C(N)=O. The second kappa shape index (κ2) is 30.5. The van der Waals surface area contributed by atoms with Gasteiger partial charge in [-0.3, -0.25) is 38.4 Å². The molecule has 0 aliphatic carbocycles. The number of benzene rings is 4. The Kier molecular flexibility index (Phi) is 23.1. The Morgan fingerprint density at radius 2 is 0.987 bits per heavy atom. The van der Waals surface area contributed by atoms with Crippen molar-refractivity contribution in [3.05, 3.63) is 156 Å². The highest BCUT2D eigenvalue weighted by molar-refractivity contribution is 5.98. The number of aromatic amines is 1. The van der Waals surface area contributed by atoms with Gasteiger partial charge in [-0.2, -0.15) is 0 Å². The lowest BCUT2D eigenvalue weighted by atomic mass is 9.98. The quantitative estimate of drug-likeness (QED) is 0.0287. The maximum Gasteiger partial charge on any atom is 0.243 e. The van der Waals surface area contributed by atoms with Crippen LogP contribution in [0.2, 0.25) is 0 Å². The third-order valence-corrected chi connectivity index (χ3v) is 13.6. The number of imidazole rings is 1. The summed E-state index contributed by atoms with van der Waals surface area (Å²) in [6.45, 7) is 4.42. The number of phenols is 1. The zero-order valence-corrected chi connectivity index (χ0v) is 44.6. The average Bonchev–Trinajstić information content (AvgIpc) is 4.19. The molecule has 1 aromatic heterocycles. The molecular formula is C58H74N12O9. The number of primary amides is 1. The van der Waals surface area contributed by atoms with E-state index < -0.39 is 95.6 Å². The first-order chi connectivity index (χ1) is 38.1. The Hall–Kier alpha value is -8.43. The number of nitrogens with one attached hydrogen (secondary N) is 9. The maximum absolute atomic E-state index is 14.9. The number of hydrogen-bond acceptors (Lipinski definition) is 12. The van der Waals surface area contributed by atoms with Gasteiger partial charge in [-0.05, 0) is 85.5 Å². The van der Waals surface area contributed by atoms with Crippen LogP contribution in [0.4, 0.5) is 0 Å². The summed E-state index contributed by atoms with van der Waals surface area (Å²) in [6.07, 6.45) is 5.51. The van der Waals surface area contributed by atoms with Crippen molar-refractivity contribution in [1.29, 1.82) is 0 Å². The van der Waals surface area contributed by atoms with E-state index in [0.717, 1.165) is 12.0 Å². The molecule has 1 fully saturated rings. The zero-order chi connectivity index (χ0) is 56.7. The molecule has 0 spiro atoms. The topological polar surface area (TPSA) is 334 Å². The summed E-state index contributed by atoms with van der Waals surface area (Å²) < 4.78 is 0. The van der Waals surface area contributed by atoms with Crippen molar-refractivity contribution >= 4 is 47.3 Å². The van der Waals surface area contributed by atoms with Crippen molar-refractivity contribution in [2.45, 2.75) is 126 Å². The molecule has 0 saturated carbocycles. The monoisotopic (exact) mass is 1080 g/mol. The Balaban J connectivity index is 1.25. The standard InChI is InChI=1S/C58H74N12O9/c1-36(2)50(58(79)69-47(32-40-23-25-42(71)26-24-40)53(74)64-43(51(60)72)21-12-13-27-59)70-57(78)48(31-39-19-10-5-11-20-39)67-54(75)46(30-38-17-8-4-9-18-38)66-56(77)49(33-41-34-61-35-63-41)68-55(76)45(29-37-15-6-3-7-16-37)65-52(73)44-22-14-28-62-44/h3-11,15-20,23-26,34-36,43-50,62,71H,12-14,21-22,27-33,59H2,1-2H3,(H2,60,72)(H,61,63)(H,64,74)(H,65,73)(H,66,77)(H,67,75)(H,68,76)(H,69,79)(H,70,78)/t43-,44-,45-,46-,47-,48-,49-,50-/m0/s1. The van der Waals surface area contributed by atoms with Crippen LogP contribution < -0.4 is 54.0 Å². The molecule has 21 heteroatoms. The highest BCUT2D eigenvalue weighted by atomic mass is 16.3. The number of phenolic OH excluding ortho intramolecular Hbond substituents is 1. The van der Waals surface area contributed by atoms with Crippen molar-refractivity contribution in [2.75, 3.05) is 13.1 Å². The Morgan fingerprint density at radius 1 is 0.557 bits per heavy atom. The van der Waals surface area contributed by atoms with Gasteiger partial charge in [0.25, 0.3) is 0 Å². The normalized spacial score (nSPS) is 15.7. The van der Waals surface area contributed by atoms with E-state index in [2.05, 4.69) is 52.5 Å². The summed E-state index contributed by atoms with van der Waals surface area (Å²) in [5, 5.41) is 32.8. The van der Waals surface area contributed by atoms with Gasteiger partial charge in [-0.1, -0.05) is 117 Å². The minimum absolute atomic E-state index is 0.0160. The van der Waals surface area contributed by atoms with Gasteiger partial charge in [0.15, 0.2) is 0 Å². The lowest BCUT2D eigenvalue weighted by Gasteiger charge is -2.29. The van der Waals surface area contributed by atoms with Crippen LogP contribution in [0.1, 0.15) is 73.9 Å². The van der Waals surface area contributed by atoms with Crippen molar-refractivity contribution in [3.63, 3.8) is 0 Å². The molecule has 4 aromatic carbocycles. The molecule has 79 heavy (non-hydrogen) atoms. The first kappa shape index (κ1) is 59.8. The highest BCUT2D eigenvalue weighted by Gasteiger charge is 2.36. The zero-order valence-electron chi connectivity index (χ0n) is 44.6. The molecule has 8 atom stereocenters. The van der Waals surface area contributed by atoms with Crippen LogP contribution in [-0.2, 0) is 70.5 Å². The molecule has 2 heterocycles. The highest BCUT2D eigenvalue weighted by Crippen LogP contribution is 2.15. The molecule has 420 valence electrons. The number of carbonyl (C=O) groups is 8. The number of amides is 8. The van der Waals surface area contributed by atoms with E-state index in [9.17, 15) is 43.5 Å². The summed E-state index contributed by atoms with van der Waals surface area (Å²) in [4.78, 5) is 120. The fourth-order valence-electron chi connectivity index (χ4n) is 9.18. The van der Waals surface area contributed by atoms with Crippen LogP contribution in [0.15, 0.2) is 128 Å². The van der Waals surface area contributed by atoms with Crippen LogP contribution >= 0.6 is 0 Å². The summed E-state index contributed by atoms with van der Waals surface area (Å²) >= 11 is 0. The van der Waals surface area contributed by atoms with Crippen LogP contribution in [0, 0.1) is 5.92 Å². The number of carbonyl (C=O) groups excluding carboxylic acids is 8. The van der Waals surface area contributed by atoms with E-state index in [0.29, 0.717) is 54.7 Å². The van der Waals surface area contributed by atoms with E-state index >= 15 is 0 Å². The predicted octanol–water partition coefficient (Wildman–Crippen LogP) is 1.04. The van der Waals surface area contributed by atoms with Crippen LogP contribution in [0.3, 0.4) is 0 Å². The molecule has 5 aromatic rings. The number of nitrogens with two attached hydrogens (primary N) is 2. The average molecular weight is 1080 g/mol. The molecule has 14 N–H and O–H groups in total. The molecular weight excluding hydrogens is 1010 g/mol. The first-order valence-corrected chi connectivity index (χ1v) is 26.8. The molecule has 0 unspecified atom stereocenters. The van der Waals surface area contributed by atoms with Gasteiger partial charge in [-0.15, -0.1) is 0 Å². The van der Waals surface area contributed by atoms with Gasteiger partial charge in [0.1, 0.15) is 48.0 Å². The van der Waals surface area contributed by atoms with Gasteiger partial charge < -0.3 is 64.1 Å². The molecule has 21 nitrogen and oxygen atoms in total. The fourth-order valence-corrected chi connectivity index (χ4v) is 9.18. The lowest BCUT2D eigenvalue weighted by molar-refractivity contribution is -0.136. The molecule has 8 amide bonds. The lowest BCUT2D eigenvalue weighted by Crippen LogP contribution is -2.61. The van der Waals surface area contributed by atoms with Crippen molar-refractivity contribution < 1.29 is 43.5 Å². The van der Waals surface area contributed by atoms with Crippen molar-refractivity contribution in [3.8, 4) is 5.75 Å². The fraction of sp³-hybridized carbons (Fsp3) is 0.397. The smallest absolute Gasteiger partial charge is 0.243 e. The van der Waals surface area contributed by atoms with Crippen LogP contribution in [0.5, 0.6) is 5.75 Å². The van der Waals surface area contributed by atoms with Crippen LogP contribution in [0.25, 0.3) is 0 Å². The number of H-pyrrole nitrogens is 1. The number of hydrogen-bond donors (Lipinski definition) is 12. The molecule has 1 saturated heterocycles. The van der Waals surface area contributed by atoms with Gasteiger partial charge in [0, 0.05) is 44.0 Å².